The first kappa shape index (κ1) is 20.6. The molecule has 0 spiro atoms. The molecule has 1 aliphatic carbocycles. The van der Waals surface area contributed by atoms with E-state index in [9.17, 15) is 13.2 Å². The smallest absolute Gasteiger partial charge is 0.243 e. The minimum absolute atomic E-state index is 0.0637. The fraction of sp³-hybridized carbons (Fsp3) is 0.391. The Kier molecular flexibility index (Phi) is 5.54. The maximum Gasteiger partial charge on any atom is 0.243 e. The number of para-hydroxylation sites is 1. The maximum atomic E-state index is 13.1. The van der Waals surface area contributed by atoms with Crippen LogP contribution < -0.4 is 0 Å². The highest BCUT2D eigenvalue weighted by Gasteiger charge is 2.30. The molecule has 0 unspecified atom stereocenters. The van der Waals surface area contributed by atoms with Crippen molar-refractivity contribution < 1.29 is 13.2 Å². The number of hydrogen-bond donors (Lipinski definition) is 0. The fourth-order valence-corrected chi connectivity index (χ4v) is 6.87. The Hall–Kier alpha value is -2.29. The third kappa shape index (κ3) is 4.12. The minimum Gasteiger partial charge on any atom is -0.340 e. The van der Waals surface area contributed by atoms with Crippen molar-refractivity contribution in [3.8, 4) is 0 Å². The number of aryl methyl sites for hydroxylation is 3. The molecule has 3 aromatic rings. The number of benzene rings is 2. The largest absolute Gasteiger partial charge is 0.340 e. The number of hydrogen-bond acceptors (Lipinski definition) is 5. The number of nitrogens with zero attached hydrogens (tertiary/aromatic N) is 3. The van der Waals surface area contributed by atoms with Crippen LogP contribution >= 0.6 is 11.3 Å². The van der Waals surface area contributed by atoms with E-state index in [1.807, 2.05) is 36.4 Å². The lowest BCUT2D eigenvalue weighted by Crippen LogP contribution is -2.50. The zero-order chi connectivity index (χ0) is 21.4. The van der Waals surface area contributed by atoms with Crippen molar-refractivity contribution in [3.05, 3.63) is 58.6 Å². The fourth-order valence-electron chi connectivity index (χ4n) is 4.43. The number of carbonyl (C=O) groups is 1. The van der Waals surface area contributed by atoms with Gasteiger partial charge in [-0.1, -0.05) is 18.2 Å². The van der Waals surface area contributed by atoms with E-state index in [2.05, 4.69) is 4.98 Å². The molecule has 162 valence electrons. The highest BCUT2D eigenvalue weighted by atomic mass is 32.2. The topological polar surface area (TPSA) is 70.6 Å². The van der Waals surface area contributed by atoms with Crippen molar-refractivity contribution in [2.75, 3.05) is 26.2 Å². The van der Waals surface area contributed by atoms with E-state index in [0.29, 0.717) is 43.9 Å². The molecule has 0 atom stereocenters. The van der Waals surface area contributed by atoms with Gasteiger partial charge in [-0.3, -0.25) is 4.79 Å². The molecule has 2 aliphatic rings. The van der Waals surface area contributed by atoms with E-state index in [1.165, 1.54) is 9.87 Å². The van der Waals surface area contributed by atoms with Gasteiger partial charge in [0.25, 0.3) is 0 Å². The third-order valence-electron chi connectivity index (χ3n) is 6.19. The van der Waals surface area contributed by atoms with Crippen molar-refractivity contribution in [2.24, 2.45) is 0 Å². The summed E-state index contributed by atoms with van der Waals surface area (Å²) in [4.78, 5) is 19.4. The molecule has 0 N–H and O–H groups in total. The van der Waals surface area contributed by atoms with Crippen LogP contribution in [0.25, 0.3) is 10.2 Å². The lowest BCUT2D eigenvalue weighted by Gasteiger charge is -2.34. The van der Waals surface area contributed by atoms with Gasteiger partial charge in [0.2, 0.25) is 15.9 Å². The molecule has 2 heterocycles. The number of thiazole rings is 1. The van der Waals surface area contributed by atoms with Gasteiger partial charge in [-0.25, -0.2) is 13.4 Å². The van der Waals surface area contributed by atoms with Crippen LogP contribution in [0, 0.1) is 0 Å². The molecular weight excluding hydrogens is 430 g/mol. The lowest BCUT2D eigenvalue weighted by atomic mass is 10.1. The van der Waals surface area contributed by atoms with Gasteiger partial charge in [0, 0.05) is 39.0 Å². The van der Waals surface area contributed by atoms with Crippen LogP contribution in [-0.2, 0) is 34.1 Å². The highest BCUT2D eigenvalue weighted by Crippen LogP contribution is 2.27. The summed E-state index contributed by atoms with van der Waals surface area (Å²) < 4.78 is 28.8. The van der Waals surface area contributed by atoms with Crippen LogP contribution in [-0.4, -0.2) is 54.7 Å². The molecular formula is C23H25N3O3S2. The first-order chi connectivity index (χ1) is 15.0. The quantitative estimate of drug-likeness (QED) is 0.592. The van der Waals surface area contributed by atoms with Crippen molar-refractivity contribution in [1.29, 1.82) is 0 Å². The summed E-state index contributed by atoms with van der Waals surface area (Å²) >= 11 is 1.63. The number of sulfonamides is 1. The minimum atomic E-state index is -3.52. The second kappa shape index (κ2) is 8.33. The molecule has 1 aromatic heterocycles. The summed E-state index contributed by atoms with van der Waals surface area (Å²) in [6, 6.07) is 13.5. The third-order valence-corrected chi connectivity index (χ3v) is 9.18. The maximum absolute atomic E-state index is 13.1. The van der Waals surface area contributed by atoms with Crippen molar-refractivity contribution in [1.82, 2.24) is 14.2 Å². The van der Waals surface area contributed by atoms with Gasteiger partial charge in [0.15, 0.2) is 0 Å². The van der Waals surface area contributed by atoms with Gasteiger partial charge in [-0.05, 0) is 54.7 Å². The average molecular weight is 456 g/mol. The van der Waals surface area contributed by atoms with E-state index in [-0.39, 0.29) is 5.91 Å². The van der Waals surface area contributed by atoms with E-state index < -0.39 is 10.0 Å². The van der Waals surface area contributed by atoms with E-state index in [1.54, 1.807) is 22.3 Å². The van der Waals surface area contributed by atoms with E-state index in [4.69, 9.17) is 0 Å². The molecule has 0 bridgehead atoms. The summed E-state index contributed by atoms with van der Waals surface area (Å²) in [5.41, 5.74) is 3.40. The normalized spacial score (nSPS) is 17.2. The number of aromatic nitrogens is 1. The number of rotatable bonds is 5. The second-order valence-electron chi connectivity index (χ2n) is 8.14. The molecule has 1 fully saturated rings. The standard InChI is InChI=1S/C23H25N3O3S2/c27-23(11-10-22-24-20-6-1-2-7-21(20)30-22)25-12-14-26(15-13-25)31(28,29)19-9-8-17-4-3-5-18(17)16-19/h1-2,6-9,16H,3-5,10-15H2. The van der Waals surface area contributed by atoms with Crippen LogP contribution in [0.4, 0.5) is 0 Å². The Balaban J connectivity index is 1.18. The zero-order valence-corrected chi connectivity index (χ0v) is 18.9. The molecule has 1 aliphatic heterocycles. The Bertz CT molecular complexity index is 1190. The number of carbonyl (C=O) groups excluding carboxylic acids is 1. The molecule has 0 radical (unpaired) electrons. The van der Waals surface area contributed by atoms with Crippen molar-refractivity contribution in [2.45, 2.75) is 37.0 Å². The van der Waals surface area contributed by atoms with Gasteiger partial charge >= 0.3 is 0 Å². The summed E-state index contributed by atoms with van der Waals surface area (Å²) in [6.07, 6.45) is 4.10. The predicted octanol–water partition coefficient (Wildman–Crippen LogP) is 3.25. The summed E-state index contributed by atoms with van der Waals surface area (Å²) in [5.74, 6) is 0.0637. The molecule has 1 amide bonds. The van der Waals surface area contributed by atoms with Crippen LogP contribution in [0.1, 0.15) is 29.0 Å². The molecule has 6 nitrogen and oxygen atoms in total. The second-order valence-corrected chi connectivity index (χ2v) is 11.2. The van der Waals surface area contributed by atoms with Crippen LogP contribution in [0.3, 0.4) is 0 Å². The molecule has 0 saturated carbocycles. The Labute approximate surface area is 186 Å². The SMILES string of the molecule is O=C(CCc1nc2ccccc2s1)N1CCN(S(=O)(=O)c2ccc3c(c2)CCC3)CC1. The van der Waals surface area contributed by atoms with Crippen LogP contribution in [0.2, 0.25) is 0 Å². The van der Waals surface area contributed by atoms with Gasteiger partial charge < -0.3 is 4.90 Å². The number of amides is 1. The average Bonchev–Trinajstić information content (AvgIpc) is 3.43. The molecule has 5 rings (SSSR count). The summed E-state index contributed by atoms with van der Waals surface area (Å²) in [6.45, 7) is 1.55. The summed E-state index contributed by atoms with van der Waals surface area (Å²) in [5, 5.41) is 0.965. The lowest BCUT2D eigenvalue weighted by molar-refractivity contribution is -0.132. The zero-order valence-electron chi connectivity index (χ0n) is 17.3. The molecule has 1 saturated heterocycles. The Morgan fingerprint density at radius 1 is 1.00 bits per heavy atom. The van der Waals surface area contributed by atoms with Gasteiger partial charge in [0.05, 0.1) is 20.1 Å². The highest BCUT2D eigenvalue weighted by molar-refractivity contribution is 7.89. The summed E-state index contributed by atoms with van der Waals surface area (Å²) in [7, 11) is -3.52. The van der Waals surface area contributed by atoms with E-state index in [0.717, 1.165) is 40.1 Å². The molecule has 31 heavy (non-hydrogen) atoms. The van der Waals surface area contributed by atoms with Crippen LogP contribution in [0.15, 0.2) is 47.4 Å². The first-order valence-electron chi connectivity index (χ1n) is 10.7. The van der Waals surface area contributed by atoms with E-state index >= 15 is 0 Å². The van der Waals surface area contributed by atoms with Gasteiger partial charge in [-0.15, -0.1) is 11.3 Å². The van der Waals surface area contributed by atoms with Crippen LogP contribution in [0.5, 0.6) is 0 Å². The molecule has 2 aromatic carbocycles. The number of piperazine rings is 1. The molecule has 8 heteroatoms. The Morgan fingerprint density at radius 2 is 1.77 bits per heavy atom. The monoisotopic (exact) mass is 455 g/mol. The first-order valence-corrected chi connectivity index (χ1v) is 13.0. The van der Waals surface area contributed by atoms with Crippen molar-refractivity contribution in [3.63, 3.8) is 0 Å². The van der Waals surface area contributed by atoms with Gasteiger partial charge in [0.1, 0.15) is 0 Å². The Morgan fingerprint density at radius 3 is 2.58 bits per heavy atom. The van der Waals surface area contributed by atoms with Gasteiger partial charge in [-0.2, -0.15) is 4.31 Å². The predicted molar refractivity (Wildman–Crippen MR) is 122 cm³/mol. The van der Waals surface area contributed by atoms with Crippen molar-refractivity contribution >= 4 is 37.5 Å². The number of fused-ring (bicyclic) bond motifs is 2.